The Morgan fingerprint density at radius 1 is 1.13 bits per heavy atom. The number of hydrogen-bond acceptors (Lipinski definition) is 2. The Balaban J connectivity index is 0.000000336. The van der Waals surface area contributed by atoms with Gasteiger partial charge in [-0.1, -0.05) is 0 Å². The van der Waals surface area contributed by atoms with E-state index in [4.69, 9.17) is 9.47 Å². The van der Waals surface area contributed by atoms with Crippen LogP contribution in [0, 0.1) is 0 Å². The van der Waals surface area contributed by atoms with Crippen molar-refractivity contribution in [1.82, 2.24) is 0 Å². The highest BCUT2D eigenvalue weighted by Crippen LogP contribution is 2.22. The minimum Gasteiger partial charge on any atom is -0.344 e. The molecule has 0 unspecified atom stereocenters. The predicted octanol–water partition coefficient (Wildman–Crippen LogP) is 3.01. The SMILES string of the molecule is CC1(C=C(F)F)OCCO1.FC(F)(F)F. The molecule has 1 aliphatic rings. The molecule has 1 saturated heterocycles. The first-order valence-corrected chi connectivity index (χ1v) is 3.70. The zero-order chi connectivity index (χ0) is 12.1. The van der Waals surface area contributed by atoms with E-state index in [-0.39, 0.29) is 0 Å². The average molecular weight is 238 g/mol. The van der Waals surface area contributed by atoms with Crippen LogP contribution in [0.1, 0.15) is 6.92 Å². The standard InChI is InChI=1S/C6H8F2O2.CF4/c1-6(4-5(7)8)9-2-3-10-6;2-1(3,4)5/h4H,2-3H2,1H3;. The molecule has 0 aromatic carbocycles. The molecule has 0 aromatic rings. The Labute approximate surface area is 81.5 Å². The molecule has 1 heterocycles. The lowest BCUT2D eigenvalue weighted by Crippen LogP contribution is -2.21. The van der Waals surface area contributed by atoms with Crippen molar-refractivity contribution >= 4 is 0 Å². The summed E-state index contributed by atoms with van der Waals surface area (Å²) in [6.45, 7) is 2.21. The number of ether oxygens (including phenoxy) is 2. The first kappa shape index (κ1) is 14.2. The second-order valence-electron chi connectivity index (χ2n) is 2.58. The Kier molecular flexibility index (Phi) is 5.09. The van der Waals surface area contributed by atoms with E-state index in [9.17, 15) is 26.3 Å². The van der Waals surface area contributed by atoms with Gasteiger partial charge in [-0.05, 0) is 6.92 Å². The fourth-order valence-corrected chi connectivity index (χ4v) is 0.812. The highest BCUT2D eigenvalue weighted by atomic mass is 19.5. The first-order chi connectivity index (χ1) is 6.62. The summed E-state index contributed by atoms with van der Waals surface area (Å²) in [6.07, 6.45) is -6.61. The van der Waals surface area contributed by atoms with Gasteiger partial charge in [0, 0.05) is 6.08 Å². The van der Waals surface area contributed by atoms with Gasteiger partial charge in [0.2, 0.25) is 0 Å². The molecule has 0 spiro atoms. The summed E-state index contributed by atoms with van der Waals surface area (Å²) in [5.41, 5.74) is 0. The summed E-state index contributed by atoms with van der Waals surface area (Å²) in [7, 11) is 0. The fraction of sp³-hybridized carbons (Fsp3) is 0.714. The monoisotopic (exact) mass is 238 g/mol. The van der Waals surface area contributed by atoms with Crippen LogP contribution in [0.5, 0.6) is 0 Å². The normalized spacial score (nSPS) is 19.1. The second kappa shape index (κ2) is 5.36. The van der Waals surface area contributed by atoms with Crippen LogP contribution in [-0.2, 0) is 9.47 Å². The lowest BCUT2D eigenvalue weighted by Gasteiger charge is -2.15. The molecule has 0 bridgehead atoms. The van der Waals surface area contributed by atoms with Crippen molar-refractivity contribution in [3.05, 3.63) is 12.2 Å². The van der Waals surface area contributed by atoms with Crippen LogP contribution < -0.4 is 0 Å². The van der Waals surface area contributed by atoms with Gasteiger partial charge in [0.15, 0.2) is 5.79 Å². The van der Waals surface area contributed by atoms with Crippen LogP contribution >= 0.6 is 0 Å². The average Bonchev–Trinajstić information content (AvgIpc) is 2.29. The van der Waals surface area contributed by atoms with E-state index >= 15 is 0 Å². The third-order valence-corrected chi connectivity index (χ3v) is 1.23. The van der Waals surface area contributed by atoms with Gasteiger partial charge in [-0.3, -0.25) is 0 Å². The molecule has 90 valence electrons. The molecule has 0 amide bonds. The van der Waals surface area contributed by atoms with Crippen molar-refractivity contribution < 1.29 is 35.8 Å². The summed E-state index contributed by atoms with van der Waals surface area (Å²) < 4.78 is 71.8. The molecule has 0 atom stereocenters. The van der Waals surface area contributed by atoms with Crippen LogP contribution in [0.25, 0.3) is 0 Å². The van der Waals surface area contributed by atoms with E-state index in [0.717, 1.165) is 0 Å². The van der Waals surface area contributed by atoms with Crippen LogP contribution in [0.3, 0.4) is 0 Å². The molecule has 8 heteroatoms. The summed E-state index contributed by atoms with van der Waals surface area (Å²) >= 11 is 0. The van der Waals surface area contributed by atoms with Gasteiger partial charge in [-0.15, -0.1) is 17.6 Å². The molecule has 0 aromatic heterocycles. The third kappa shape index (κ3) is 9.54. The lowest BCUT2D eigenvalue weighted by molar-refractivity contribution is -0.237. The van der Waals surface area contributed by atoms with Crippen molar-refractivity contribution in [3.8, 4) is 0 Å². The quantitative estimate of drug-likeness (QED) is 0.654. The molecule has 1 aliphatic heterocycles. The molecule has 0 radical (unpaired) electrons. The maximum Gasteiger partial charge on any atom is 0.559 e. The van der Waals surface area contributed by atoms with Gasteiger partial charge in [-0.2, -0.15) is 8.78 Å². The Morgan fingerprint density at radius 2 is 1.47 bits per heavy atom. The van der Waals surface area contributed by atoms with E-state index < -0.39 is 18.3 Å². The molecule has 15 heavy (non-hydrogen) atoms. The van der Waals surface area contributed by atoms with E-state index in [2.05, 4.69) is 0 Å². The third-order valence-electron chi connectivity index (χ3n) is 1.23. The topological polar surface area (TPSA) is 18.5 Å². The zero-order valence-corrected chi connectivity index (χ0v) is 7.58. The maximum absolute atomic E-state index is 11.6. The smallest absolute Gasteiger partial charge is 0.344 e. The summed E-state index contributed by atoms with van der Waals surface area (Å²) in [5, 5.41) is 0. The first-order valence-electron chi connectivity index (χ1n) is 3.70. The van der Waals surface area contributed by atoms with E-state index in [1.807, 2.05) is 0 Å². The fourth-order valence-electron chi connectivity index (χ4n) is 0.812. The molecule has 2 nitrogen and oxygen atoms in total. The number of hydrogen-bond donors (Lipinski definition) is 0. The molecule has 1 fully saturated rings. The lowest BCUT2D eigenvalue weighted by atomic mass is 10.3. The van der Waals surface area contributed by atoms with Gasteiger partial charge in [0.25, 0.3) is 6.08 Å². The van der Waals surface area contributed by atoms with Crippen molar-refractivity contribution in [2.45, 2.75) is 19.1 Å². The molecular formula is C7H8F6O2. The zero-order valence-electron chi connectivity index (χ0n) is 7.58. The molecule has 0 aliphatic carbocycles. The van der Waals surface area contributed by atoms with Gasteiger partial charge in [0.1, 0.15) is 0 Å². The van der Waals surface area contributed by atoms with Crippen molar-refractivity contribution in [2.24, 2.45) is 0 Å². The largest absolute Gasteiger partial charge is 0.559 e. The van der Waals surface area contributed by atoms with Crippen LogP contribution in [-0.4, -0.2) is 25.4 Å². The van der Waals surface area contributed by atoms with Crippen molar-refractivity contribution in [2.75, 3.05) is 13.2 Å². The molecule has 0 N–H and O–H groups in total. The Bertz CT molecular complexity index is 208. The summed E-state index contributed by atoms with van der Waals surface area (Å²) in [6, 6.07) is 0. The molecular weight excluding hydrogens is 230 g/mol. The van der Waals surface area contributed by atoms with E-state index in [1.165, 1.54) is 6.92 Å². The second-order valence-corrected chi connectivity index (χ2v) is 2.58. The summed E-state index contributed by atoms with van der Waals surface area (Å²) in [5.74, 6) is -1.20. The van der Waals surface area contributed by atoms with E-state index in [0.29, 0.717) is 19.3 Å². The Hall–Kier alpha value is -0.760. The number of alkyl halides is 4. The van der Waals surface area contributed by atoms with Crippen LogP contribution in [0.2, 0.25) is 0 Å². The highest BCUT2D eigenvalue weighted by Gasteiger charge is 2.29. The number of rotatable bonds is 1. The summed E-state index contributed by atoms with van der Waals surface area (Å²) in [4.78, 5) is 0. The van der Waals surface area contributed by atoms with Crippen molar-refractivity contribution in [1.29, 1.82) is 0 Å². The minimum atomic E-state index is -5.50. The molecule has 1 rings (SSSR count). The van der Waals surface area contributed by atoms with Gasteiger partial charge < -0.3 is 9.47 Å². The van der Waals surface area contributed by atoms with Gasteiger partial charge in [0.05, 0.1) is 13.2 Å². The van der Waals surface area contributed by atoms with Crippen LogP contribution in [0.4, 0.5) is 26.3 Å². The van der Waals surface area contributed by atoms with Crippen molar-refractivity contribution in [3.63, 3.8) is 0 Å². The Morgan fingerprint density at radius 3 is 1.73 bits per heavy atom. The maximum atomic E-state index is 11.6. The van der Waals surface area contributed by atoms with E-state index in [1.54, 1.807) is 0 Å². The molecule has 0 saturated carbocycles. The van der Waals surface area contributed by atoms with Gasteiger partial charge >= 0.3 is 6.43 Å². The van der Waals surface area contributed by atoms with Crippen LogP contribution in [0.15, 0.2) is 12.2 Å². The van der Waals surface area contributed by atoms with Gasteiger partial charge in [-0.25, -0.2) is 0 Å². The highest BCUT2D eigenvalue weighted by molar-refractivity contribution is 4.95. The number of halogens is 6. The predicted molar refractivity (Wildman–Crippen MR) is 37.8 cm³/mol. The minimum absolute atomic E-state index is 0.375.